The second kappa shape index (κ2) is 11.9. The van der Waals surface area contributed by atoms with Gasteiger partial charge >= 0.3 is 5.97 Å². The number of carboxylic acid groups (broad SMARTS) is 1. The second-order valence-corrected chi connectivity index (χ2v) is 8.17. The maximum atomic E-state index is 12.0. The normalized spacial score (nSPS) is 11.7. The highest BCUT2D eigenvalue weighted by Gasteiger charge is 2.09. The van der Waals surface area contributed by atoms with Crippen LogP contribution in [0, 0.1) is 0 Å². The van der Waals surface area contributed by atoms with Gasteiger partial charge in [0.2, 0.25) is 10.0 Å². The van der Waals surface area contributed by atoms with Crippen molar-refractivity contribution in [2.45, 2.75) is 51.4 Å². The largest absolute Gasteiger partial charge is 0.481 e. The van der Waals surface area contributed by atoms with Crippen molar-refractivity contribution in [2.24, 2.45) is 0 Å². The molecule has 1 aromatic carbocycles. The van der Waals surface area contributed by atoms with Crippen LogP contribution < -0.4 is 4.72 Å². The first-order valence-electron chi connectivity index (χ1n) is 8.52. The minimum absolute atomic E-state index is 0.116. The first-order valence-corrected chi connectivity index (χ1v) is 10.5. The third-order valence-corrected chi connectivity index (χ3v) is 5.22. The van der Waals surface area contributed by atoms with Crippen molar-refractivity contribution in [1.29, 1.82) is 0 Å². The molecule has 0 unspecified atom stereocenters. The molecule has 0 saturated carbocycles. The number of allylic oxidation sites excluding steroid dienone is 2. The lowest BCUT2D eigenvalue weighted by atomic mass is 10.1. The zero-order valence-corrected chi connectivity index (χ0v) is 15.9. The van der Waals surface area contributed by atoms with E-state index in [0.717, 1.165) is 32.1 Å². The number of unbranched alkanes of at least 4 members (excludes halogenated alkanes) is 5. The fourth-order valence-electron chi connectivity index (χ4n) is 2.28. The summed E-state index contributed by atoms with van der Waals surface area (Å²) in [5.74, 6) is -0.657. The van der Waals surface area contributed by atoms with Crippen LogP contribution in [0.15, 0.2) is 36.4 Å². The number of nitrogens with one attached hydrogen (secondary N) is 1. The third-order valence-electron chi connectivity index (χ3n) is 3.59. The van der Waals surface area contributed by atoms with E-state index in [1.807, 2.05) is 12.2 Å². The van der Waals surface area contributed by atoms with Crippen molar-refractivity contribution in [3.63, 3.8) is 0 Å². The van der Waals surface area contributed by atoms with E-state index in [0.29, 0.717) is 23.6 Å². The Kier molecular flexibility index (Phi) is 10.3. The van der Waals surface area contributed by atoms with Gasteiger partial charge in [-0.2, -0.15) is 0 Å². The zero-order valence-electron chi connectivity index (χ0n) is 14.3. The van der Waals surface area contributed by atoms with E-state index in [1.165, 1.54) is 0 Å². The molecule has 0 aliphatic rings. The third kappa shape index (κ3) is 11.6. The van der Waals surface area contributed by atoms with E-state index in [2.05, 4.69) is 4.72 Å². The van der Waals surface area contributed by atoms with E-state index in [1.54, 1.807) is 24.3 Å². The molecule has 7 heteroatoms. The fourth-order valence-corrected chi connectivity index (χ4v) is 3.58. The van der Waals surface area contributed by atoms with Crippen molar-refractivity contribution in [3.05, 3.63) is 41.4 Å². The number of aliphatic carboxylic acids is 1. The van der Waals surface area contributed by atoms with Crippen molar-refractivity contribution >= 4 is 33.3 Å². The molecule has 140 valence electrons. The summed E-state index contributed by atoms with van der Waals surface area (Å²) < 4.78 is 26.5. The molecule has 0 aromatic heterocycles. The van der Waals surface area contributed by atoms with Crippen LogP contribution in [0.5, 0.6) is 0 Å². The Balaban J connectivity index is 2.06. The summed E-state index contributed by atoms with van der Waals surface area (Å²) in [4.78, 5) is 10.3. The monoisotopic (exact) mass is 387 g/mol. The predicted octanol–water partition coefficient (Wildman–Crippen LogP) is 4.84. The van der Waals surface area contributed by atoms with Crippen molar-refractivity contribution in [3.8, 4) is 0 Å². The smallest absolute Gasteiger partial charge is 0.303 e. The van der Waals surface area contributed by atoms with Gasteiger partial charge in [-0.05, 0) is 49.9 Å². The first-order chi connectivity index (χ1) is 11.9. The first kappa shape index (κ1) is 21.5. The van der Waals surface area contributed by atoms with Crippen LogP contribution in [0.2, 0.25) is 5.02 Å². The molecule has 0 amide bonds. The number of sulfonamides is 1. The van der Waals surface area contributed by atoms with Crippen LogP contribution in [0.3, 0.4) is 0 Å². The van der Waals surface area contributed by atoms with Gasteiger partial charge in [0, 0.05) is 17.1 Å². The Morgan fingerprint density at radius 1 is 1.00 bits per heavy atom. The van der Waals surface area contributed by atoms with Gasteiger partial charge in [-0.3, -0.25) is 9.52 Å². The number of hydrogen-bond donors (Lipinski definition) is 2. The van der Waals surface area contributed by atoms with Crippen molar-refractivity contribution < 1.29 is 18.3 Å². The Bertz CT molecular complexity index is 642. The molecule has 0 aliphatic carbocycles. The van der Waals surface area contributed by atoms with Gasteiger partial charge in [-0.1, -0.05) is 43.0 Å². The van der Waals surface area contributed by atoms with Gasteiger partial charge in [0.25, 0.3) is 0 Å². The van der Waals surface area contributed by atoms with Gasteiger partial charge in [-0.25, -0.2) is 8.42 Å². The number of anilines is 1. The summed E-state index contributed by atoms with van der Waals surface area (Å²) in [6.45, 7) is 0. The number of halogens is 1. The lowest BCUT2D eigenvalue weighted by molar-refractivity contribution is -0.136. The molecule has 0 aliphatic heterocycles. The molecule has 2 N–H and O–H groups in total. The van der Waals surface area contributed by atoms with Gasteiger partial charge in [0.05, 0.1) is 5.75 Å². The van der Waals surface area contributed by atoms with E-state index < -0.39 is 16.0 Å². The summed E-state index contributed by atoms with van der Waals surface area (Å²) in [5.41, 5.74) is 0.527. The Labute approximate surface area is 155 Å². The number of carboxylic acids is 1. The molecular weight excluding hydrogens is 362 g/mol. The molecule has 0 atom stereocenters. The fraction of sp³-hybridized carbons (Fsp3) is 0.500. The van der Waals surface area contributed by atoms with E-state index >= 15 is 0 Å². The molecule has 0 heterocycles. The van der Waals surface area contributed by atoms with Crippen LogP contribution >= 0.6 is 11.6 Å². The minimum atomic E-state index is -3.31. The summed E-state index contributed by atoms with van der Waals surface area (Å²) in [7, 11) is -3.31. The van der Waals surface area contributed by atoms with Crippen molar-refractivity contribution in [2.75, 3.05) is 10.5 Å². The highest BCUT2D eigenvalue weighted by molar-refractivity contribution is 7.92. The average Bonchev–Trinajstić information content (AvgIpc) is 2.54. The highest BCUT2D eigenvalue weighted by atomic mass is 35.5. The number of rotatable bonds is 13. The van der Waals surface area contributed by atoms with Gasteiger partial charge < -0.3 is 5.11 Å². The molecule has 0 radical (unpaired) electrons. The van der Waals surface area contributed by atoms with Crippen LogP contribution in [0.25, 0.3) is 0 Å². The molecule has 0 spiro atoms. The Morgan fingerprint density at radius 3 is 2.28 bits per heavy atom. The Morgan fingerprint density at radius 2 is 1.60 bits per heavy atom. The Hall–Kier alpha value is -1.53. The SMILES string of the molecule is O=C(O)CC/C=C\CCCCCCCS(=O)(=O)Nc1ccc(Cl)cc1. The van der Waals surface area contributed by atoms with E-state index in [-0.39, 0.29) is 12.2 Å². The maximum Gasteiger partial charge on any atom is 0.303 e. The lowest BCUT2D eigenvalue weighted by Crippen LogP contribution is -2.16. The lowest BCUT2D eigenvalue weighted by Gasteiger charge is -2.08. The summed E-state index contributed by atoms with van der Waals surface area (Å²) in [6.07, 6.45) is 10.2. The second-order valence-electron chi connectivity index (χ2n) is 5.89. The highest BCUT2D eigenvalue weighted by Crippen LogP contribution is 2.15. The molecule has 25 heavy (non-hydrogen) atoms. The van der Waals surface area contributed by atoms with E-state index in [9.17, 15) is 13.2 Å². The van der Waals surface area contributed by atoms with Crippen molar-refractivity contribution in [1.82, 2.24) is 0 Å². The van der Waals surface area contributed by atoms with Crippen LogP contribution in [0.1, 0.15) is 51.4 Å². The quantitative estimate of drug-likeness (QED) is 0.374. The predicted molar refractivity (Wildman–Crippen MR) is 103 cm³/mol. The molecule has 1 aromatic rings. The topological polar surface area (TPSA) is 83.5 Å². The maximum absolute atomic E-state index is 12.0. The van der Waals surface area contributed by atoms with E-state index in [4.69, 9.17) is 16.7 Å². The summed E-state index contributed by atoms with van der Waals surface area (Å²) in [6, 6.07) is 6.58. The number of carbonyl (C=O) groups is 1. The molecule has 0 fully saturated rings. The van der Waals surface area contributed by atoms with Gasteiger partial charge in [0.15, 0.2) is 0 Å². The molecule has 0 bridgehead atoms. The molecular formula is C18H26ClNO4S. The number of benzene rings is 1. The molecule has 1 rings (SSSR count). The van der Waals surface area contributed by atoms with Crippen LogP contribution in [-0.4, -0.2) is 25.2 Å². The van der Waals surface area contributed by atoms with Gasteiger partial charge in [0.1, 0.15) is 0 Å². The van der Waals surface area contributed by atoms with Crippen LogP contribution in [-0.2, 0) is 14.8 Å². The zero-order chi connectivity index (χ0) is 18.5. The van der Waals surface area contributed by atoms with Crippen LogP contribution in [0.4, 0.5) is 5.69 Å². The summed E-state index contributed by atoms with van der Waals surface area (Å²) >= 11 is 5.77. The standard InChI is InChI=1S/C18H26ClNO4S/c19-16-11-13-17(14-12-16)20-25(23,24)15-9-7-5-3-1-2-4-6-8-10-18(21)22/h4,6,11-14,20H,1-3,5,7-10,15H2,(H,21,22)/b6-4-. The molecule has 0 saturated heterocycles. The molecule has 5 nitrogen and oxygen atoms in total. The van der Waals surface area contributed by atoms with Gasteiger partial charge in [-0.15, -0.1) is 0 Å². The average molecular weight is 388 g/mol. The number of hydrogen-bond acceptors (Lipinski definition) is 3. The minimum Gasteiger partial charge on any atom is -0.481 e. The summed E-state index contributed by atoms with van der Waals surface area (Å²) in [5, 5.41) is 9.07.